The van der Waals surface area contributed by atoms with E-state index in [-0.39, 0.29) is 11.1 Å². The zero-order valence-electron chi connectivity index (χ0n) is 16.4. The Balaban J connectivity index is 1.98. The molecular formula is C24H28O2Si. The Morgan fingerprint density at radius 1 is 1.07 bits per heavy atom. The normalized spacial score (nSPS) is 19.2. The molecular weight excluding hydrogens is 348 g/mol. The van der Waals surface area contributed by atoms with Crippen LogP contribution in [0.1, 0.15) is 27.2 Å². The van der Waals surface area contributed by atoms with Gasteiger partial charge in [0, 0.05) is 0 Å². The lowest BCUT2D eigenvalue weighted by atomic mass is 10.1. The first kappa shape index (κ1) is 19.6. The Kier molecular flexibility index (Phi) is 6.01. The van der Waals surface area contributed by atoms with Crippen LogP contribution in [0.2, 0.25) is 5.04 Å². The zero-order valence-corrected chi connectivity index (χ0v) is 17.4. The molecule has 0 bridgehead atoms. The highest BCUT2D eigenvalue weighted by molar-refractivity contribution is 6.99. The fourth-order valence-electron chi connectivity index (χ4n) is 3.94. The molecule has 0 amide bonds. The van der Waals surface area contributed by atoms with Crippen LogP contribution in [0, 0.1) is 12.3 Å². The first-order chi connectivity index (χ1) is 13.0. The molecule has 1 aliphatic rings. The van der Waals surface area contributed by atoms with Crippen LogP contribution in [-0.4, -0.2) is 27.6 Å². The largest absolute Gasteiger partial charge is 0.405 e. The summed E-state index contributed by atoms with van der Waals surface area (Å²) in [5, 5.41) is 2.56. The lowest BCUT2D eigenvalue weighted by Gasteiger charge is -2.43. The molecule has 3 rings (SSSR count). The Hall–Kier alpha value is -2.12. The maximum Gasteiger partial charge on any atom is 0.261 e. The van der Waals surface area contributed by atoms with Gasteiger partial charge in [-0.15, -0.1) is 6.42 Å². The summed E-state index contributed by atoms with van der Waals surface area (Å²) in [6.45, 7) is 8.06. The van der Waals surface area contributed by atoms with Crippen LogP contribution in [0.25, 0.3) is 0 Å². The molecule has 0 aromatic heterocycles. The third kappa shape index (κ3) is 4.09. The molecule has 1 atom stereocenters. The average Bonchev–Trinajstić information content (AvgIpc) is 3.11. The standard InChI is InChI=1S/C24H28O2Si/c1-5-12-20-17-21(25-18-20)19-26-27(24(2,3)4,22-13-8-6-9-14-22)23-15-10-7-11-16-23/h1,6-16,21H,17-19H2,2-4H3/b20-12+/t21-/m1/s1. The van der Waals surface area contributed by atoms with E-state index in [1.165, 1.54) is 15.9 Å². The summed E-state index contributed by atoms with van der Waals surface area (Å²) in [7, 11) is -2.50. The summed E-state index contributed by atoms with van der Waals surface area (Å²) in [4.78, 5) is 0. The summed E-state index contributed by atoms with van der Waals surface area (Å²) in [6, 6.07) is 21.4. The van der Waals surface area contributed by atoms with Crippen LogP contribution in [0.5, 0.6) is 0 Å². The van der Waals surface area contributed by atoms with E-state index in [1.54, 1.807) is 0 Å². The van der Waals surface area contributed by atoms with Gasteiger partial charge in [-0.3, -0.25) is 0 Å². The Morgan fingerprint density at radius 2 is 1.63 bits per heavy atom. The van der Waals surface area contributed by atoms with Crippen molar-refractivity contribution < 1.29 is 9.16 Å². The number of ether oxygens (including phenoxy) is 1. The highest BCUT2D eigenvalue weighted by Crippen LogP contribution is 2.37. The lowest BCUT2D eigenvalue weighted by Crippen LogP contribution is -2.67. The Bertz CT molecular complexity index is 773. The van der Waals surface area contributed by atoms with Crippen LogP contribution in [0.4, 0.5) is 0 Å². The first-order valence-electron chi connectivity index (χ1n) is 9.48. The van der Waals surface area contributed by atoms with Crippen LogP contribution in [-0.2, 0) is 9.16 Å². The third-order valence-corrected chi connectivity index (χ3v) is 10.2. The van der Waals surface area contributed by atoms with Gasteiger partial charge in [0.25, 0.3) is 8.32 Å². The monoisotopic (exact) mass is 376 g/mol. The van der Waals surface area contributed by atoms with Crippen LogP contribution in [0.3, 0.4) is 0 Å². The molecule has 0 saturated carbocycles. The molecule has 0 aliphatic carbocycles. The van der Waals surface area contributed by atoms with E-state index >= 15 is 0 Å². The maximum absolute atomic E-state index is 6.91. The molecule has 0 radical (unpaired) electrons. The Morgan fingerprint density at radius 3 is 2.11 bits per heavy atom. The third-order valence-electron chi connectivity index (χ3n) is 5.18. The number of rotatable bonds is 5. The molecule has 1 aliphatic heterocycles. The van der Waals surface area contributed by atoms with Gasteiger partial charge in [0.2, 0.25) is 0 Å². The van der Waals surface area contributed by atoms with Crippen molar-refractivity contribution in [2.24, 2.45) is 0 Å². The van der Waals surface area contributed by atoms with Crippen molar-refractivity contribution in [3.63, 3.8) is 0 Å². The molecule has 0 spiro atoms. The quantitative estimate of drug-likeness (QED) is 0.582. The lowest BCUT2D eigenvalue weighted by molar-refractivity contribution is 0.0657. The van der Waals surface area contributed by atoms with Crippen LogP contribution < -0.4 is 10.4 Å². The van der Waals surface area contributed by atoms with E-state index in [9.17, 15) is 0 Å². The Labute approximate surface area is 164 Å². The van der Waals surface area contributed by atoms with Crippen molar-refractivity contribution in [3.8, 4) is 12.3 Å². The molecule has 0 N–H and O–H groups in total. The molecule has 2 aromatic rings. The van der Waals surface area contributed by atoms with E-state index in [0.29, 0.717) is 13.2 Å². The topological polar surface area (TPSA) is 18.5 Å². The van der Waals surface area contributed by atoms with Crippen molar-refractivity contribution in [2.45, 2.75) is 38.3 Å². The van der Waals surface area contributed by atoms with Crippen LogP contribution in [0.15, 0.2) is 72.3 Å². The molecule has 27 heavy (non-hydrogen) atoms. The number of hydrogen-bond acceptors (Lipinski definition) is 2. The van der Waals surface area contributed by atoms with Gasteiger partial charge in [0.1, 0.15) is 0 Å². The summed E-state index contributed by atoms with van der Waals surface area (Å²) in [5.41, 5.74) is 1.17. The number of hydrogen-bond donors (Lipinski definition) is 0. The van der Waals surface area contributed by atoms with Gasteiger partial charge in [-0.05, 0) is 33.5 Å². The summed E-state index contributed by atoms with van der Waals surface area (Å²) < 4.78 is 12.8. The highest BCUT2D eigenvalue weighted by atomic mass is 28.4. The highest BCUT2D eigenvalue weighted by Gasteiger charge is 2.50. The van der Waals surface area contributed by atoms with Crippen molar-refractivity contribution in [1.29, 1.82) is 0 Å². The molecule has 0 unspecified atom stereocenters. The van der Waals surface area contributed by atoms with Gasteiger partial charge in [-0.2, -0.15) is 0 Å². The van der Waals surface area contributed by atoms with E-state index in [0.717, 1.165) is 6.42 Å². The van der Waals surface area contributed by atoms with Gasteiger partial charge < -0.3 is 9.16 Å². The van der Waals surface area contributed by atoms with Crippen molar-refractivity contribution >= 4 is 18.7 Å². The predicted molar refractivity (Wildman–Crippen MR) is 115 cm³/mol. The van der Waals surface area contributed by atoms with Crippen molar-refractivity contribution in [1.82, 2.24) is 0 Å². The maximum atomic E-state index is 6.91. The average molecular weight is 377 g/mol. The molecule has 1 fully saturated rings. The zero-order chi connectivity index (χ0) is 19.3. The summed E-state index contributed by atoms with van der Waals surface area (Å²) in [6.07, 6.45) is 8.13. The summed E-state index contributed by atoms with van der Waals surface area (Å²) >= 11 is 0. The molecule has 140 valence electrons. The fourth-order valence-corrected chi connectivity index (χ4v) is 8.53. The van der Waals surface area contributed by atoms with E-state index in [1.807, 2.05) is 6.08 Å². The minimum Gasteiger partial charge on any atom is -0.405 e. The minimum absolute atomic E-state index is 0.0220. The number of terminal acetylenes is 1. The predicted octanol–water partition coefficient (Wildman–Crippen LogP) is 3.91. The molecule has 3 heteroatoms. The first-order valence-corrected chi connectivity index (χ1v) is 11.4. The fraction of sp³-hybridized carbons (Fsp3) is 0.333. The molecule has 1 saturated heterocycles. The van der Waals surface area contributed by atoms with Gasteiger partial charge in [0.05, 0.1) is 19.3 Å². The second-order valence-corrected chi connectivity index (χ2v) is 12.4. The summed E-state index contributed by atoms with van der Waals surface area (Å²) in [5.74, 6) is 2.60. The smallest absolute Gasteiger partial charge is 0.261 e. The molecule has 1 heterocycles. The number of benzene rings is 2. The second kappa shape index (κ2) is 8.27. The van der Waals surface area contributed by atoms with E-state index in [2.05, 4.69) is 87.4 Å². The van der Waals surface area contributed by atoms with Gasteiger partial charge in [-0.1, -0.05) is 87.4 Å². The minimum atomic E-state index is -2.50. The number of allylic oxidation sites excluding steroid dienone is 1. The van der Waals surface area contributed by atoms with Gasteiger partial charge in [0.15, 0.2) is 0 Å². The van der Waals surface area contributed by atoms with Gasteiger partial charge >= 0.3 is 0 Å². The van der Waals surface area contributed by atoms with E-state index in [4.69, 9.17) is 15.6 Å². The van der Waals surface area contributed by atoms with Gasteiger partial charge in [-0.25, -0.2) is 0 Å². The molecule has 2 aromatic carbocycles. The van der Waals surface area contributed by atoms with Crippen molar-refractivity contribution in [2.75, 3.05) is 13.2 Å². The van der Waals surface area contributed by atoms with Crippen molar-refractivity contribution in [3.05, 3.63) is 72.3 Å². The second-order valence-electron chi connectivity index (χ2n) is 8.08. The SMILES string of the molecule is C#C/C=C1/CO[C@@H](CO[Si](c2ccccc2)(c2ccccc2)C(C)(C)C)C1. The van der Waals surface area contributed by atoms with Crippen LogP contribution >= 0.6 is 0 Å². The molecule has 2 nitrogen and oxygen atoms in total. The van der Waals surface area contributed by atoms with E-state index < -0.39 is 8.32 Å².